The minimum absolute atomic E-state index is 0.373. The summed E-state index contributed by atoms with van der Waals surface area (Å²) in [5.74, 6) is 0. The number of nitrogens with zero attached hydrogens (tertiary/aromatic N) is 1. The Hall–Kier alpha value is -0.840. The van der Waals surface area contributed by atoms with Crippen LogP contribution in [0.1, 0.15) is 41.9 Å². The van der Waals surface area contributed by atoms with Gasteiger partial charge in [0.15, 0.2) is 0 Å². The van der Waals surface area contributed by atoms with E-state index >= 15 is 0 Å². The molecule has 2 nitrogen and oxygen atoms in total. The van der Waals surface area contributed by atoms with E-state index in [0.717, 1.165) is 13.0 Å². The van der Waals surface area contributed by atoms with E-state index in [4.69, 9.17) is 0 Å². The third-order valence-corrected chi connectivity index (χ3v) is 6.12. The lowest BCUT2D eigenvalue weighted by Gasteiger charge is -2.36. The second-order valence-electron chi connectivity index (χ2n) is 5.64. The van der Waals surface area contributed by atoms with Crippen molar-refractivity contribution in [3.8, 4) is 0 Å². The van der Waals surface area contributed by atoms with Crippen LogP contribution in [0, 0.1) is 0 Å². The maximum absolute atomic E-state index is 3.77. The van der Waals surface area contributed by atoms with Gasteiger partial charge in [-0.15, -0.1) is 11.3 Å². The molecule has 0 fully saturated rings. The van der Waals surface area contributed by atoms with Gasteiger partial charge in [-0.2, -0.15) is 0 Å². The summed E-state index contributed by atoms with van der Waals surface area (Å²) in [4.78, 5) is 4.06. The number of benzene rings is 1. The average Bonchev–Trinajstić information content (AvgIpc) is 2.97. The third-order valence-electron chi connectivity index (χ3n) is 4.49. The van der Waals surface area contributed by atoms with Gasteiger partial charge >= 0.3 is 0 Å². The van der Waals surface area contributed by atoms with Gasteiger partial charge in [-0.3, -0.25) is 0 Å². The van der Waals surface area contributed by atoms with Crippen LogP contribution in [0.15, 0.2) is 34.1 Å². The van der Waals surface area contributed by atoms with E-state index in [1.165, 1.54) is 21.3 Å². The SMILES string of the molecule is CNC(C)c1ccc(N2CCc3sccc3C2C)c(Br)c1. The van der Waals surface area contributed by atoms with Crippen molar-refractivity contribution in [1.82, 2.24) is 5.32 Å². The zero-order valence-corrected chi connectivity index (χ0v) is 15.1. The number of hydrogen-bond donors (Lipinski definition) is 1. The molecule has 1 aromatic heterocycles. The smallest absolute Gasteiger partial charge is 0.0525 e. The zero-order chi connectivity index (χ0) is 15.0. The molecule has 112 valence electrons. The first-order chi connectivity index (χ1) is 10.1. The fourth-order valence-corrected chi connectivity index (χ4v) is 4.62. The number of thiophene rings is 1. The van der Waals surface area contributed by atoms with Crippen molar-refractivity contribution in [2.75, 3.05) is 18.5 Å². The Balaban J connectivity index is 1.91. The molecule has 2 atom stereocenters. The summed E-state index contributed by atoms with van der Waals surface area (Å²) in [5.41, 5.74) is 4.10. The van der Waals surface area contributed by atoms with Gasteiger partial charge in [0.1, 0.15) is 0 Å². The summed E-state index contributed by atoms with van der Waals surface area (Å²) in [6, 6.07) is 9.83. The summed E-state index contributed by atoms with van der Waals surface area (Å²) in [7, 11) is 2.00. The largest absolute Gasteiger partial charge is 0.363 e. The van der Waals surface area contributed by atoms with Gasteiger partial charge < -0.3 is 10.2 Å². The number of rotatable bonds is 3. The van der Waals surface area contributed by atoms with Gasteiger partial charge in [0.25, 0.3) is 0 Å². The molecule has 2 unspecified atom stereocenters. The van der Waals surface area contributed by atoms with Crippen molar-refractivity contribution in [2.24, 2.45) is 0 Å². The van der Waals surface area contributed by atoms with E-state index in [1.807, 2.05) is 18.4 Å². The number of halogens is 1. The topological polar surface area (TPSA) is 15.3 Å². The Morgan fingerprint density at radius 3 is 2.90 bits per heavy atom. The van der Waals surface area contributed by atoms with Crippen LogP contribution in [-0.2, 0) is 6.42 Å². The van der Waals surface area contributed by atoms with E-state index in [0.29, 0.717) is 12.1 Å². The molecule has 0 saturated carbocycles. The minimum Gasteiger partial charge on any atom is -0.363 e. The van der Waals surface area contributed by atoms with Gasteiger partial charge in [-0.05, 0) is 78.0 Å². The molecule has 0 aliphatic carbocycles. The molecule has 0 amide bonds. The second kappa shape index (κ2) is 6.11. The maximum Gasteiger partial charge on any atom is 0.0525 e. The van der Waals surface area contributed by atoms with Crippen LogP contribution < -0.4 is 10.2 Å². The van der Waals surface area contributed by atoms with Crippen LogP contribution in [-0.4, -0.2) is 13.6 Å². The van der Waals surface area contributed by atoms with E-state index < -0.39 is 0 Å². The fourth-order valence-electron chi connectivity index (χ4n) is 3.03. The lowest BCUT2D eigenvalue weighted by Crippen LogP contribution is -2.33. The molecule has 1 aliphatic heterocycles. The van der Waals surface area contributed by atoms with Crippen LogP contribution in [0.3, 0.4) is 0 Å². The summed E-state index contributed by atoms with van der Waals surface area (Å²) in [5, 5.41) is 5.51. The monoisotopic (exact) mass is 364 g/mol. The fraction of sp³-hybridized carbons (Fsp3) is 0.412. The molecular formula is C17H21BrN2S. The predicted molar refractivity (Wildman–Crippen MR) is 95.4 cm³/mol. The molecule has 1 aromatic carbocycles. The lowest BCUT2D eigenvalue weighted by molar-refractivity contribution is 0.629. The Labute approximate surface area is 139 Å². The van der Waals surface area contributed by atoms with Crippen molar-refractivity contribution in [2.45, 2.75) is 32.4 Å². The van der Waals surface area contributed by atoms with Crippen molar-refractivity contribution in [3.05, 3.63) is 50.1 Å². The quantitative estimate of drug-likeness (QED) is 0.831. The van der Waals surface area contributed by atoms with Crippen LogP contribution in [0.4, 0.5) is 5.69 Å². The van der Waals surface area contributed by atoms with Gasteiger partial charge in [-0.1, -0.05) is 6.07 Å². The van der Waals surface area contributed by atoms with Crippen molar-refractivity contribution < 1.29 is 0 Å². The molecule has 0 bridgehead atoms. The highest BCUT2D eigenvalue weighted by Gasteiger charge is 2.26. The van der Waals surface area contributed by atoms with E-state index in [-0.39, 0.29) is 0 Å². The van der Waals surface area contributed by atoms with Crippen molar-refractivity contribution >= 4 is 33.0 Å². The Morgan fingerprint density at radius 1 is 1.38 bits per heavy atom. The first kappa shape index (κ1) is 15.1. The van der Waals surface area contributed by atoms with Crippen LogP contribution in [0.2, 0.25) is 0 Å². The molecule has 0 spiro atoms. The second-order valence-corrected chi connectivity index (χ2v) is 7.49. The van der Waals surface area contributed by atoms with E-state index in [9.17, 15) is 0 Å². The highest BCUT2D eigenvalue weighted by molar-refractivity contribution is 9.10. The molecule has 3 rings (SSSR count). The van der Waals surface area contributed by atoms with Gasteiger partial charge in [0, 0.05) is 21.9 Å². The average molecular weight is 365 g/mol. The summed E-state index contributed by atoms with van der Waals surface area (Å²) >= 11 is 5.66. The Morgan fingerprint density at radius 2 is 2.19 bits per heavy atom. The summed E-state index contributed by atoms with van der Waals surface area (Å²) in [6.45, 7) is 5.58. The highest BCUT2D eigenvalue weighted by atomic mass is 79.9. The Kier molecular flexibility index (Phi) is 4.38. The third kappa shape index (κ3) is 2.77. The molecule has 2 heterocycles. The van der Waals surface area contributed by atoms with E-state index in [1.54, 1.807) is 4.88 Å². The summed E-state index contributed by atoms with van der Waals surface area (Å²) in [6.07, 6.45) is 1.15. The van der Waals surface area contributed by atoms with Crippen molar-refractivity contribution in [1.29, 1.82) is 0 Å². The molecule has 2 aromatic rings. The van der Waals surface area contributed by atoms with Crippen LogP contribution in [0.5, 0.6) is 0 Å². The number of anilines is 1. The number of nitrogens with one attached hydrogen (secondary N) is 1. The number of fused-ring (bicyclic) bond motifs is 1. The van der Waals surface area contributed by atoms with E-state index in [2.05, 4.69) is 69.6 Å². The zero-order valence-electron chi connectivity index (χ0n) is 12.7. The molecular weight excluding hydrogens is 344 g/mol. The maximum atomic E-state index is 3.77. The van der Waals surface area contributed by atoms with Crippen LogP contribution >= 0.6 is 27.3 Å². The molecule has 0 saturated heterocycles. The highest BCUT2D eigenvalue weighted by Crippen LogP contribution is 2.39. The first-order valence-electron chi connectivity index (χ1n) is 7.41. The normalized spacial score (nSPS) is 19.4. The minimum atomic E-state index is 0.373. The molecule has 21 heavy (non-hydrogen) atoms. The van der Waals surface area contributed by atoms with Crippen LogP contribution in [0.25, 0.3) is 0 Å². The Bertz CT molecular complexity index is 637. The lowest BCUT2D eigenvalue weighted by atomic mass is 10.00. The summed E-state index contributed by atoms with van der Waals surface area (Å²) < 4.78 is 1.19. The standard InChI is InChI=1S/C17H21BrN2S/c1-11(19-3)13-4-5-16(15(18)10-13)20-8-6-17-14(12(20)2)7-9-21-17/h4-5,7,9-12,19H,6,8H2,1-3H3. The molecule has 1 aliphatic rings. The molecule has 1 N–H and O–H groups in total. The predicted octanol–water partition coefficient (Wildman–Crippen LogP) is 4.91. The molecule has 0 radical (unpaired) electrons. The van der Waals surface area contributed by atoms with Crippen molar-refractivity contribution in [3.63, 3.8) is 0 Å². The number of hydrogen-bond acceptors (Lipinski definition) is 3. The van der Waals surface area contributed by atoms with Gasteiger partial charge in [0.2, 0.25) is 0 Å². The van der Waals surface area contributed by atoms with Gasteiger partial charge in [-0.25, -0.2) is 0 Å². The first-order valence-corrected chi connectivity index (χ1v) is 9.08. The van der Waals surface area contributed by atoms with Gasteiger partial charge in [0.05, 0.1) is 11.7 Å². The molecule has 4 heteroatoms.